The number of carbonyl (C=O) groups is 1. The van der Waals surface area contributed by atoms with Crippen LogP contribution in [-0.2, 0) is 29.5 Å². The summed E-state index contributed by atoms with van der Waals surface area (Å²) in [5.41, 5.74) is -9.93. The van der Waals surface area contributed by atoms with Crippen LogP contribution in [-0.4, -0.2) is 27.7 Å². The highest BCUT2D eigenvalue weighted by atomic mass is 32.1. The first-order valence-corrected chi connectivity index (χ1v) is 13.2. The van der Waals surface area contributed by atoms with E-state index in [1.54, 1.807) is 0 Å². The van der Waals surface area contributed by atoms with Crippen LogP contribution in [0.25, 0.3) is 0 Å². The van der Waals surface area contributed by atoms with Gasteiger partial charge in [-0.3, -0.25) is 9.69 Å². The van der Waals surface area contributed by atoms with Crippen molar-refractivity contribution in [3.63, 3.8) is 0 Å². The van der Waals surface area contributed by atoms with Crippen molar-refractivity contribution in [3.8, 4) is 0 Å². The van der Waals surface area contributed by atoms with Crippen molar-refractivity contribution in [3.05, 3.63) is 58.7 Å². The van der Waals surface area contributed by atoms with Gasteiger partial charge in [0.25, 0.3) is 5.91 Å². The number of carbonyl (C=O) groups excluding carboxylic acids is 1. The Morgan fingerprint density at radius 1 is 0.773 bits per heavy atom. The number of thiocarbonyl (C=S) groups is 2. The van der Waals surface area contributed by atoms with E-state index < -0.39 is 86.0 Å². The van der Waals surface area contributed by atoms with Gasteiger partial charge in [0.2, 0.25) is 0 Å². The molecule has 3 N–H and O–H groups in total. The molecule has 19 heteroatoms. The summed E-state index contributed by atoms with van der Waals surface area (Å²) in [4.78, 5) is 14.2. The number of anilines is 2. The van der Waals surface area contributed by atoms with Crippen LogP contribution >= 0.6 is 24.4 Å². The largest absolute Gasteiger partial charge is 0.416 e. The Morgan fingerprint density at radius 3 is 1.68 bits per heavy atom. The lowest BCUT2D eigenvalue weighted by molar-refractivity contribution is -0.144. The SMILES string of the molecule is O=C1N(c2cc(C(F)(F)F)cc(C(F)(F)F)c2)C(=S)N[C@]12CCCC[C@@H]2NC(=S)Nc1cc(C(F)(F)F)cc(C(F)(F)F)c1. The normalized spacial score (nSPS) is 21.5. The summed E-state index contributed by atoms with van der Waals surface area (Å²) in [5, 5.41) is 6.48. The van der Waals surface area contributed by atoms with E-state index in [4.69, 9.17) is 24.4 Å². The van der Waals surface area contributed by atoms with Gasteiger partial charge in [0.15, 0.2) is 10.2 Å². The van der Waals surface area contributed by atoms with Crippen LogP contribution in [0, 0.1) is 0 Å². The lowest BCUT2D eigenvalue weighted by Gasteiger charge is -2.40. The van der Waals surface area contributed by atoms with Gasteiger partial charge in [-0.2, -0.15) is 52.7 Å². The third kappa shape index (κ3) is 6.82. The zero-order valence-corrected chi connectivity index (χ0v) is 23.2. The smallest absolute Gasteiger partial charge is 0.357 e. The highest BCUT2D eigenvalue weighted by Gasteiger charge is 2.56. The fourth-order valence-corrected chi connectivity index (χ4v) is 5.65. The Labute approximate surface area is 250 Å². The van der Waals surface area contributed by atoms with Crippen molar-refractivity contribution < 1.29 is 57.5 Å². The highest BCUT2D eigenvalue weighted by Crippen LogP contribution is 2.42. The fourth-order valence-electron chi connectivity index (χ4n) is 5.02. The van der Waals surface area contributed by atoms with Crippen LogP contribution < -0.4 is 20.9 Å². The molecule has 2 aromatic carbocycles. The molecule has 2 aliphatic rings. The summed E-state index contributed by atoms with van der Waals surface area (Å²) >= 11 is 10.2. The molecule has 4 rings (SSSR count). The zero-order valence-electron chi connectivity index (χ0n) is 21.6. The van der Waals surface area contributed by atoms with Gasteiger partial charge < -0.3 is 16.0 Å². The molecule has 1 aliphatic heterocycles. The van der Waals surface area contributed by atoms with Crippen LogP contribution in [0.4, 0.5) is 64.1 Å². The van der Waals surface area contributed by atoms with Crippen LogP contribution in [0.2, 0.25) is 0 Å². The van der Waals surface area contributed by atoms with Gasteiger partial charge in [-0.05, 0) is 73.7 Å². The van der Waals surface area contributed by atoms with Crippen molar-refractivity contribution in [2.24, 2.45) is 0 Å². The van der Waals surface area contributed by atoms with Crippen molar-refractivity contribution in [1.29, 1.82) is 0 Å². The summed E-state index contributed by atoms with van der Waals surface area (Å²) in [6, 6.07) is 0.0960. The van der Waals surface area contributed by atoms with E-state index in [1.807, 2.05) is 0 Å². The predicted octanol–water partition coefficient (Wildman–Crippen LogP) is 7.65. The molecule has 0 unspecified atom stereocenters. The number of alkyl halides is 12. The number of nitrogens with zero attached hydrogens (tertiary/aromatic N) is 1. The van der Waals surface area contributed by atoms with Crippen molar-refractivity contribution in [2.75, 3.05) is 10.2 Å². The summed E-state index contributed by atoms with van der Waals surface area (Å²) in [5.74, 6) is -1.03. The van der Waals surface area contributed by atoms with Gasteiger partial charge >= 0.3 is 24.7 Å². The summed E-state index contributed by atoms with van der Waals surface area (Å²) < 4.78 is 160. The molecule has 5 nitrogen and oxygen atoms in total. The second-order valence-electron chi connectivity index (χ2n) is 10.00. The number of rotatable bonds is 3. The summed E-state index contributed by atoms with van der Waals surface area (Å²) in [7, 11) is 0. The Balaban J connectivity index is 1.65. The van der Waals surface area contributed by atoms with Crippen LogP contribution in [0.3, 0.4) is 0 Å². The molecule has 0 radical (unpaired) electrons. The molecule has 2 atom stereocenters. The zero-order chi connectivity index (χ0) is 33.0. The third-order valence-corrected chi connectivity index (χ3v) is 7.51. The molecule has 1 saturated heterocycles. The molecule has 1 heterocycles. The minimum atomic E-state index is -5.21. The quantitative estimate of drug-likeness (QED) is 0.229. The molecule has 240 valence electrons. The number of amides is 1. The predicted molar refractivity (Wildman–Crippen MR) is 140 cm³/mol. The van der Waals surface area contributed by atoms with Crippen LogP contribution in [0.15, 0.2) is 36.4 Å². The molecule has 2 fully saturated rings. The van der Waals surface area contributed by atoms with Crippen molar-refractivity contribution in [2.45, 2.75) is 62.0 Å². The Morgan fingerprint density at radius 2 is 1.23 bits per heavy atom. The van der Waals surface area contributed by atoms with Gasteiger partial charge in [-0.15, -0.1) is 0 Å². The van der Waals surface area contributed by atoms with E-state index in [0.29, 0.717) is 42.0 Å². The van der Waals surface area contributed by atoms with Crippen LogP contribution in [0.5, 0.6) is 0 Å². The van der Waals surface area contributed by atoms with Gasteiger partial charge in [0.05, 0.1) is 34.0 Å². The van der Waals surface area contributed by atoms with E-state index in [2.05, 4.69) is 16.0 Å². The average Bonchev–Trinajstić information content (AvgIpc) is 3.12. The Bertz CT molecular complexity index is 1420. The standard InChI is InChI=1S/C25H18F12N4OS2/c26-22(27,28)11-5-12(23(29,30)31)8-15(7-11)38-19(43)39-17-3-1-2-4-21(17)18(42)41(20(44)40-21)16-9-13(24(32,33)34)6-14(10-16)25(35,36)37/h5-10,17H,1-4H2,(H,40,44)(H2,38,39,43)/t17-,21-/m0/s1. The first-order chi connectivity index (χ1) is 20.0. The van der Waals surface area contributed by atoms with E-state index in [1.165, 1.54) is 0 Å². The molecule has 44 heavy (non-hydrogen) atoms. The topological polar surface area (TPSA) is 56.4 Å². The highest BCUT2D eigenvalue weighted by molar-refractivity contribution is 7.80. The second-order valence-corrected chi connectivity index (χ2v) is 10.8. The van der Waals surface area contributed by atoms with E-state index >= 15 is 0 Å². The van der Waals surface area contributed by atoms with Gasteiger partial charge in [0, 0.05) is 5.69 Å². The van der Waals surface area contributed by atoms with E-state index in [-0.39, 0.29) is 25.0 Å². The summed E-state index contributed by atoms with van der Waals surface area (Å²) in [6.45, 7) is 0. The average molecular weight is 683 g/mol. The van der Waals surface area contributed by atoms with Gasteiger partial charge in [-0.25, -0.2) is 0 Å². The summed E-state index contributed by atoms with van der Waals surface area (Å²) in [6.07, 6.45) is -19.9. The number of halogens is 12. The number of nitrogens with one attached hydrogen (secondary N) is 3. The molecule has 1 spiro atoms. The lowest BCUT2D eigenvalue weighted by atomic mass is 9.77. The maximum atomic E-state index is 13.7. The maximum Gasteiger partial charge on any atom is 0.416 e. The molecule has 2 aromatic rings. The number of benzene rings is 2. The number of hydrogen-bond acceptors (Lipinski definition) is 3. The van der Waals surface area contributed by atoms with E-state index in [0.717, 1.165) is 0 Å². The van der Waals surface area contributed by atoms with Gasteiger partial charge in [0.1, 0.15) is 5.54 Å². The molecule has 1 saturated carbocycles. The Hall–Kier alpha value is -3.35. The minimum Gasteiger partial charge on any atom is -0.357 e. The number of hydrogen-bond donors (Lipinski definition) is 3. The van der Waals surface area contributed by atoms with Gasteiger partial charge in [-0.1, -0.05) is 12.8 Å². The third-order valence-electron chi connectivity index (χ3n) is 7.01. The first kappa shape index (κ1) is 33.5. The first-order valence-electron chi connectivity index (χ1n) is 12.4. The lowest BCUT2D eigenvalue weighted by Crippen LogP contribution is -2.64. The van der Waals surface area contributed by atoms with Crippen molar-refractivity contribution in [1.82, 2.24) is 10.6 Å². The molecular weight excluding hydrogens is 664 g/mol. The fraction of sp³-hybridized carbons (Fsp3) is 0.400. The molecule has 0 bridgehead atoms. The molecule has 1 aliphatic carbocycles. The monoisotopic (exact) mass is 682 g/mol. The molecule has 1 amide bonds. The molecule has 0 aromatic heterocycles. The van der Waals surface area contributed by atoms with E-state index in [9.17, 15) is 57.5 Å². The minimum absolute atomic E-state index is 0.0460. The van der Waals surface area contributed by atoms with Crippen molar-refractivity contribution >= 4 is 51.9 Å². The molecular formula is C25H18F12N4OS2. The maximum absolute atomic E-state index is 13.7. The Kier molecular flexibility index (Phi) is 8.55. The second kappa shape index (κ2) is 11.2. The van der Waals surface area contributed by atoms with Crippen LogP contribution in [0.1, 0.15) is 47.9 Å².